The van der Waals surface area contributed by atoms with E-state index >= 15 is 0 Å². The first-order valence-corrected chi connectivity index (χ1v) is 10.0. The van der Waals surface area contributed by atoms with Crippen LogP contribution in [0.15, 0.2) is 4.99 Å². The third-order valence-corrected chi connectivity index (χ3v) is 5.82. The van der Waals surface area contributed by atoms with Crippen molar-refractivity contribution in [3.05, 3.63) is 0 Å². The lowest BCUT2D eigenvalue weighted by molar-refractivity contribution is 0.0893. The fourth-order valence-electron chi connectivity index (χ4n) is 4.39. The molecule has 0 amide bonds. The predicted octanol–water partition coefficient (Wildman–Crippen LogP) is 2.66. The van der Waals surface area contributed by atoms with E-state index in [9.17, 15) is 0 Å². The summed E-state index contributed by atoms with van der Waals surface area (Å²) in [5, 5.41) is 3.49. The highest BCUT2D eigenvalue weighted by molar-refractivity contribution is 5.80. The number of rotatable bonds is 7. The van der Waals surface area contributed by atoms with Crippen LogP contribution in [0, 0.1) is 11.3 Å². The second kappa shape index (κ2) is 9.04. The van der Waals surface area contributed by atoms with E-state index in [-0.39, 0.29) is 0 Å². The first-order chi connectivity index (χ1) is 11.8. The van der Waals surface area contributed by atoms with Crippen molar-refractivity contribution in [3.63, 3.8) is 0 Å². The molecule has 1 saturated carbocycles. The van der Waals surface area contributed by atoms with Crippen molar-refractivity contribution in [1.82, 2.24) is 10.2 Å². The molecular formula is C19H35N3O2. The van der Waals surface area contributed by atoms with Gasteiger partial charge in [-0.2, -0.15) is 0 Å². The minimum atomic E-state index is 0.600. The summed E-state index contributed by atoms with van der Waals surface area (Å²) in [7, 11) is 0. The third kappa shape index (κ3) is 4.85. The van der Waals surface area contributed by atoms with Gasteiger partial charge in [-0.25, -0.2) is 0 Å². The van der Waals surface area contributed by atoms with Gasteiger partial charge in [0.15, 0.2) is 5.96 Å². The van der Waals surface area contributed by atoms with Gasteiger partial charge in [-0.05, 0) is 44.4 Å². The van der Waals surface area contributed by atoms with Gasteiger partial charge in [0.2, 0.25) is 0 Å². The molecule has 1 spiro atoms. The summed E-state index contributed by atoms with van der Waals surface area (Å²) in [5.74, 6) is 1.73. The molecular weight excluding hydrogens is 302 g/mol. The summed E-state index contributed by atoms with van der Waals surface area (Å²) in [6, 6.07) is 0. The number of nitrogens with zero attached hydrogens (tertiary/aromatic N) is 2. The molecule has 0 radical (unpaired) electrons. The van der Waals surface area contributed by atoms with Crippen molar-refractivity contribution in [1.29, 1.82) is 0 Å². The van der Waals surface area contributed by atoms with Gasteiger partial charge in [0.05, 0.1) is 13.2 Å². The monoisotopic (exact) mass is 337 g/mol. The Morgan fingerprint density at radius 1 is 1.33 bits per heavy atom. The molecule has 1 aliphatic carbocycles. The maximum absolute atomic E-state index is 5.78. The fraction of sp³-hybridized carbons (Fsp3) is 0.947. The molecule has 5 nitrogen and oxygen atoms in total. The van der Waals surface area contributed by atoms with Crippen LogP contribution < -0.4 is 5.32 Å². The van der Waals surface area contributed by atoms with Crippen LogP contribution in [0.3, 0.4) is 0 Å². The topological polar surface area (TPSA) is 46.1 Å². The zero-order valence-corrected chi connectivity index (χ0v) is 15.4. The highest BCUT2D eigenvalue weighted by atomic mass is 16.5. The van der Waals surface area contributed by atoms with E-state index in [1.807, 2.05) is 0 Å². The normalized spacial score (nSPS) is 26.6. The molecule has 1 unspecified atom stereocenters. The molecule has 2 aliphatic heterocycles. The van der Waals surface area contributed by atoms with Crippen molar-refractivity contribution in [2.75, 3.05) is 52.6 Å². The van der Waals surface area contributed by atoms with E-state index < -0.39 is 0 Å². The van der Waals surface area contributed by atoms with Crippen molar-refractivity contribution in [2.45, 2.75) is 51.9 Å². The molecule has 2 heterocycles. The molecule has 0 aromatic carbocycles. The lowest BCUT2D eigenvalue weighted by Crippen LogP contribution is -2.41. The molecule has 3 fully saturated rings. The van der Waals surface area contributed by atoms with Gasteiger partial charge in [0.25, 0.3) is 0 Å². The summed E-state index contributed by atoms with van der Waals surface area (Å²) in [5.41, 5.74) is 0.600. The minimum absolute atomic E-state index is 0.600. The Bertz CT molecular complexity index is 401. The summed E-state index contributed by atoms with van der Waals surface area (Å²) in [6.07, 6.45) is 9.18. The molecule has 1 atom stereocenters. The van der Waals surface area contributed by atoms with E-state index in [2.05, 4.69) is 17.1 Å². The molecule has 3 rings (SSSR count). The van der Waals surface area contributed by atoms with Crippen molar-refractivity contribution in [2.24, 2.45) is 16.3 Å². The van der Waals surface area contributed by atoms with Gasteiger partial charge in [0, 0.05) is 45.3 Å². The average molecular weight is 338 g/mol. The first kappa shape index (κ1) is 18.0. The van der Waals surface area contributed by atoms with Gasteiger partial charge in [-0.15, -0.1) is 0 Å². The van der Waals surface area contributed by atoms with Crippen LogP contribution in [0.4, 0.5) is 0 Å². The molecule has 2 saturated heterocycles. The number of hydrogen-bond donors (Lipinski definition) is 1. The Balaban J connectivity index is 1.37. The number of ether oxygens (including phenoxy) is 2. The molecule has 5 heteroatoms. The Morgan fingerprint density at radius 2 is 2.21 bits per heavy atom. The number of guanidine groups is 1. The standard InChI is InChI=1S/C19H35N3O2/c1-2-20-18(22-11-9-19(16-22)7-3-4-8-19)21-10-5-12-23-14-17-6-13-24-15-17/h17H,2-16H2,1H3,(H,20,21). The Labute approximate surface area is 147 Å². The van der Waals surface area contributed by atoms with Gasteiger partial charge in [-0.3, -0.25) is 4.99 Å². The maximum Gasteiger partial charge on any atom is 0.193 e. The van der Waals surface area contributed by atoms with Crippen LogP contribution >= 0.6 is 0 Å². The molecule has 0 aromatic heterocycles. The third-order valence-electron chi connectivity index (χ3n) is 5.82. The van der Waals surface area contributed by atoms with Crippen LogP contribution in [0.1, 0.15) is 51.9 Å². The molecule has 3 aliphatic rings. The predicted molar refractivity (Wildman–Crippen MR) is 97.4 cm³/mol. The first-order valence-electron chi connectivity index (χ1n) is 10.0. The average Bonchev–Trinajstić information content (AvgIpc) is 3.34. The molecule has 1 N–H and O–H groups in total. The zero-order chi connectivity index (χ0) is 16.7. The Kier molecular flexibility index (Phi) is 6.78. The molecule has 24 heavy (non-hydrogen) atoms. The van der Waals surface area contributed by atoms with E-state index in [1.165, 1.54) is 45.2 Å². The SMILES string of the molecule is CCNC(=NCCCOCC1CCOC1)N1CCC2(CCCC2)C1. The highest BCUT2D eigenvalue weighted by Gasteiger charge is 2.41. The van der Waals surface area contributed by atoms with E-state index in [4.69, 9.17) is 14.5 Å². The fourth-order valence-corrected chi connectivity index (χ4v) is 4.39. The number of nitrogens with one attached hydrogen (secondary N) is 1. The van der Waals surface area contributed by atoms with E-state index in [0.29, 0.717) is 11.3 Å². The Morgan fingerprint density at radius 3 is 2.96 bits per heavy atom. The van der Waals surface area contributed by atoms with Crippen LogP contribution in [0.5, 0.6) is 0 Å². The summed E-state index contributed by atoms with van der Waals surface area (Å²) < 4.78 is 11.2. The summed E-state index contributed by atoms with van der Waals surface area (Å²) in [6.45, 7) is 9.77. The molecule has 0 aromatic rings. The van der Waals surface area contributed by atoms with Gasteiger partial charge < -0.3 is 19.7 Å². The maximum atomic E-state index is 5.78. The Hall–Kier alpha value is -0.810. The van der Waals surface area contributed by atoms with E-state index in [0.717, 1.165) is 58.3 Å². The second-order valence-electron chi connectivity index (χ2n) is 7.77. The number of likely N-dealkylation sites (tertiary alicyclic amines) is 1. The van der Waals surface area contributed by atoms with Crippen molar-refractivity contribution >= 4 is 5.96 Å². The largest absolute Gasteiger partial charge is 0.381 e. The van der Waals surface area contributed by atoms with Crippen molar-refractivity contribution in [3.8, 4) is 0 Å². The van der Waals surface area contributed by atoms with Crippen LogP contribution in [0.2, 0.25) is 0 Å². The summed E-state index contributed by atoms with van der Waals surface area (Å²) in [4.78, 5) is 7.34. The van der Waals surface area contributed by atoms with Crippen LogP contribution in [-0.4, -0.2) is 63.5 Å². The highest BCUT2D eigenvalue weighted by Crippen LogP contribution is 2.45. The van der Waals surface area contributed by atoms with Crippen LogP contribution in [0.25, 0.3) is 0 Å². The lowest BCUT2D eigenvalue weighted by Gasteiger charge is -2.26. The van der Waals surface area contributed by atoms with Crippen LogP contribution in [-0.2, 0) is 9.47 Å². The smallest absolute Gasteiger partial charge is 0.193 e. The molecule has 138 valence electrons. The van der Waals surface area contributed by atoms with E-state index in [1.54, 1.807) is 0 Å². The van der Waals surface area contributed by atoms with Crippen molar-refractivity contribution < 1.29 is 9.47 Å². The zero-order valence-electron chi connectivity index (χ0n) is 15.4. The van der Waals surface area contributed by atoms with Gasteiger partial charge in [-0.1, -0.05) is 12.8 Å². The number of aliphatic imine (C=N–C) groups is 1. The molecule has 0 bridgehead atoms. The lowest BCUT2D eigenvalue weighted by atomic mass is 9.86. The van der Waals surface area contributed by atoms with Gasteiger partial charge >= 0.3 is 0 Å². The summed E-state index contributed by atoms with van der Waals surface area (Å²) >= 11 is 0. The number of hydrogen-bond acceptors (Lipinski definition) is 3. The quantitative estimate of drug-likeness (QED) is 0.441. The second-order valence-corrected chi connectivity index (χ2v) is 7.77. The minimum Gasteiger partial charge on any atom is -0.381 e. The van der Waals surface area contributed by atoms with Gasteiger partial charge in [0.1, 0.15) is 0 Å².